The number of rotatable bonds is 1. The zero-order chi connectivity index (χ0) is 16.7. The molecule has 1 N–H and O–H groups in total. The average Bonchev–Trinajstić information content (AvgIpc) is 3.01. The predicted octanol–water partition coefficient (Wildman–Crippen LogP) is 2.50. The van der Waals surface area contributed by atoms with Crippen LogP contribution in [0.15, 0.2) is 40.1 Å². The molecule has 1 atom stereocenters. The summed E-state index contributed by atoms with van der Waals surface area (Å²) in [6, 6.07) is 0. The third-order valence-corrected chi connectivity index (χ3v) is 5.41. The van der Waals surface area contributed by atoms with Crippen LogP contribution >= 0.6 is 11.5 Å². The van der Waals surface area contributed by atoms with E-state index in [-0.39, 0.29) is 17.7 Å². The summed E-state index contributed by atoms with van der Waals surface area (Å²) in [4.78, 5) is 29.1. The van der Waals surface area contributed by atoms with Gasteiger partial charge in [-0.1, -0.05) is 10.6 Å². The van der Waals surface area contributed by atoms with Crippen LogP contribution < -0.4 is 5.32 Å². The van der Waals surface area contributed by atoms with Crippen molar-refractivity contribution in [3.8, 4) is 0 Å². The van der Waals surface area contributed by atoms with Gasteiger partial charge in [-0.3, -0.25) is 9.59 Å². The van der Waals surface area contributed by atoms with E-state index in [1.54, 1.807) is 13.0 Å². The van der Waals surface area contributed by atoms with Crippen LogP contribution in [0.2, 0.25) is 0 Å². The quantitative estimate of drug-likeness (QED) is 0.851. The van der Waals surface area contributed by atoms with Crippen molar-refractivity contribution in [2.24, 2.45) is 10.9 Å². The Kier molecular flexibility index (Phi) is 3.72. The average molecular weight is 340 g/mol. The van der Waals surface area contributed by atoms with Crippen molar-refractivity contribution in [3.63, 3.8) is 0 Å². The molecule has 0 fully saturated rings. The molecule has 122 valence electrons. The number of amides is 2. The molecule has 4 rings (SSSR count). The van der Waals surface area contributed by atoms with E-state index in [1.807, 2.05) is 12.2 Å². The lowest BCUT2D eigenvalue weighted by Gasteiger charge is -2.33. The first-order chi connectivity index (χ1) is 11.6. The summed E-state index contributed by atoms with van der Waals surface area (Å²) in [6.07, 6.45) is 9.70. The van der Waals surface area contributed by atoms with Crippen molar-refractivity contribution >= 4 is 29.1 Å². The van der Waals surface area contributed by atoms with Gasteiger partial charge < -0.3 is 5.32 Å². The van der Waals surface area contributed by atoms with Gasteiger partial charge in [0.1, 0.15) is 4.88 Å². The number of aryl methyl sites for hydroxylation is 1. The van der Waals surface area contributed by atoms with E-state index in [1.165, 1.54) is 5.57 Å². The van der Waals surface area contributed by atoms with Gasteiger partial charge >= 0.3 is 0 Å². The third kappa shape index (κ3) is 2.54. The van der Waals surface area contributed by atoms with Crippen LogP contribution in [0.5, 0.6) is 0 Å². The lowest BCUT2D eigenvalue weighted by molar-refractivity contribution is -0.117. The van der Waals surface area contributed by atoms with Gasteiger partial charge in [-0.15, -0.1) is 5.10 Å². The van der Waals surface area contributed by atoms with Gasteiger partial charge in [0.25, 0.3) is 11.8 Å². The summed E-state index contributed by atoms with van der Waals surface area (Å²) >= 11 is 1.04. The highest BCUT2D eigenvalue weighted by molar-refractivity contribution is 7.08. The molecular weight excluding hydrogens is 324 g/mol. The fourth-order valence-corrected chi connectivity index (χ4v) is 3.96. The molecule has 2 heterocycles. The second-order valence-electron chi connectivity index (χ2n) is 6.13. The summed E-state index contributed by atoms with van der Waals surface area (Å²) in [5, 5.41) is 6.80. The Bertz CT molecular complexity index is 860. The minimum Gasteiger partial charge on any atom is -0.325 e. The van der Waals surface area contributed by atoms with Gasteiger partial charge in [-0.05, 0) is 61.9 Å². The van der Waals surface area contributed by atoms with Gasteiger partial charge in [0.2, 0.25) is 0 Å². The van der Waals surface area contributed by atoms with Gasteiger partial charge in [-0.2, -0.15) is 0 Å². The maximum absolute atomic E-state index is 12.3. The number of nitrogens with zero attached hydrogens (tertiary/aromatic N) is 3. The molecule has 0 spiro atoms. The van der Waals surface area contributed by atoms with E-state index < -0.39 is 0 Å². The molecule has 1 unspecified atom stereocenters. The fraction of sp³-hybridized carbons (Fsp3) is 0.353. The molecule has 0 radical (unpaired) electrons. The zero-order valence-electron chi connectivity index (χ0n) is 13.2. The molecule has 0 aromatic carbocycles. The SMILES string of the molecule is Cc1nnsc1C(=O)N=C1C=CC2C(=C1)NC(=O)C1=C2CCCC1. The number of carbonyl (C=O) groups is 2. The second-order valence-corrected chi connectivity index (χ2v) is 6.88. The van der Waals surface area contributed by atoms with Crippen LogP contribution in [0.4, 0.5) is 0 Å². The molecule has 0 bridgehead atoms. The van der Waals surface area contributed by atoms with Crippen LogP contribution in [0.1, 0.15) is 41.0 Å². The van der Waals surface area contributed by atoms with Gasteiger partial charge in [-0.25, -0.2) is 4.99 Å². The van der Waals surface area contributed by atoms with Crippen LogP contribution in [-0.4, -0.2) is 27.1 Å². The molecular formula is C17H16N4O2S. The first-order valence-electron chi connectivity index (χ1n) is 7.98. The molecule has 6 nitrogen and oxygen atoms in total. The molecule has 0 saturated heterocycles. The van der Waals surface area contributed by atoms with Gasteiger partial charge in [0, 0.05) is 17.2 Å². The Hall–Kier alpha value is -2.41. The van der Waals surface area contributed by atoms with E-state index in [0.29, 0.717) is 16.3 Å². The Labute approximate surface area is 143 Å². The molecule has 1 aliphatic heterocycles. The van der Waals surface area contributed by atoms with Crippen molar-refractivity contribution < 1.29 is 9.59 Å². The molecule has 2 amide bonds. The van der Waals surface area contributed by atoms with E-state index >= 15 is 0 Å². The van der Waals surface area contributed by atoms with Gasteiger partial charge in [0.05, 0.1) is 11.4 Å². The number of nitrogens with one attached hydrogen (secondary N) is 1. The van der Waals surface area contributed by atoms with E-state index in [9.17, 15) is 9.59 Å². The van der Waals surface area contributed by atoms with Crippen LogP contribution in [0, 0.1) is 12.8 Å². The minimum absolute atomic E-state index is 0.00400. The Balaban J connectivity index is 1.64. The summed E-state index contributed by atoms with van der Waals surface area (Å²) < 4.78 is 3.76. The molecule has 0 saturated carbocycles. The van der Waals surface area contributed by atoms with E-state index in [4.69, 9.17) is 0 Å². The van der Waals surface area contributed by atoms with Crippen LogP contribution in [0.3, 0.4) is 0 Å². The molecule has 7 heteroatoms. The Morgan fingerprint density at radius 1 is 1.38 bits per heavy atom. The van der Waals surface area contributed by atoms with Crippen molar-refractivity contribution in [2.75, 3.05) is 0 Å². The van der Waals surface area contributed by atoms with Crippen LogP contribution in [-0.2, 0) is 4.79 Å². The van der Waals surface area contributed by atoms with E-state index in [0.717, 1.165) is 48.5 Å². The number of hydrogen-bond acceptors (Lipinski definition) is 5. The first kappa shape index (κ1) is 15.1. The first-order valence-corrected chi connectivity index (χ1v) is 8.76. The Morgan fingerprint density at radius 3 is 3.00 bits per heavy atom. The summed E-state index contributed by atoms with van der Waals surface area (Å²) in [5.41, 5.74) is 4.10. The van der Waals surface area contributed by atoms with Crippen LogP contribution in [0.25, 0.3) is 0 Å². The summed E-state index contributed by atoms with van der Waals surface area (Å²) in [7, 11) is 0. The lowest BCUT2D eigenvalue weighted by atomic mass is 9.77. The summed E-state index contributed by atoms with van der Waals surface area (Å²) in [5.74, 6) is -0.244. The zero-order valence-corrected chi connectivity index (χ0v) is 14.0. The molecule has 1 aromatic heterocycles. The third-order valence-electron chi connectivity index (χ3n) is 4.59. The number of hydrogen-bond donors (Lipinski definition) is 1. The minimum atomic E-state index is -0.350. The Morgan fingerprint density at radius 2 is 2.21 bits per heavy atom. The molecule has 2 aliphatic carbocycles. The lowest BCUT2D eigenvalue weighted by Crippen LogP contribution is -2.37. The molecule has 3 aliphatic rings. The normalized spacial score (nSPS) is 24.4. The fourth-order valence-electron chi connectivity index (χ4n) is 3.42. The van der Waals surface area contributed by atoms with Crippen molar-refractivity contribution in [1.82, 2.24) is 14.9 Å². The number of fused-ring (bicyclic) bond motifs is 2. The predicted molar refractivity (Wildman–Crippen MR) is 90.8 cm³/mol. The molecule has 24 heavy (non-hydrogen) atoms. The topological polar surface area (TPSA) is 84.3 Å². The highest BCUT2D eigenvalue weighted by atomic mass is 32.1. The summed E-state index contributed by atoms with van der Waals surface area (Å²) in [6.45, 7) is 1.74. The number of carbonyl (C=O) groups excluding carboxylic acids is 2. The smallest absolute Gasteiger partial charge is 0.291 e. The number of aliphatic imine (C=N–C) groups is 1. The maximum Gasteiger partial charge on any atom is 0.291 e. The van der Waals surface area contributed by atoms with Crippen molar-refractivity contribution in [3.05, 3.63) is 45.6 Å². The van der Waals surface area contributed by atoms with Crippen molar-refractivity contribution in [2.45, 2.75) is 32.6 Å². The van der Waals surface area contributed by atoms with Crippen molar-refractivity contribution in [1.29, 1.82) is 0 Å². The highest BCUT2D eigenvalue weighted by Crippen LogP contribution is 2.38. The standard InChI is InChI=1S/C17H16N4O2S/c1-9-15(24-21-20-9)17(23)18-10-6-7-12-11-4-2-3-5-13(11)16(22)19-14(12)8-10/h6-8,12H,2-5H2,1H3,(H,19,22). The van der Waals surface area contributed by atoms with E-state index in [2.05, 4.69) is 19.9 Å². The number of aromatic nitrogens is 2. The second kappa shape index (κ2) is 5.90. The number of allylic oxidation sites excluding steroid dienone is 3. The monoisotopic (exact) mass is 340 g/mol. The van der Waals surface area contributed by atoms with Gasteiger partial charge in [0.15, 0.2) is 0 Å². The maximum atomic E-state index is 12.3. The highest BCUT2D eigenvalue weighted by Gasteiger charge is 2.33. The molecule has 1 aromatic rings. The largest absolute Gasteiger partial charge is 0.325 e.